The molecule has 4 nitrogen and oxygen atoms in total. The van der Waals surface area contributed by atoms with E-state index in [2.05, 4.69) is 9.80 Å². The van der Waals surface area contributed by atoms with Gasteiger partial charge in [-0.1, -0.05) is 0 Å². The first-order valence-electron chi connectivity index (χ1n) is 8.80. The molecule has 0 spiro atoms. The molecular formula is C19H26N2O2. The summed E-state index contributed by atoms with van der Waals surface area (Å²) in [4.78, 5) is 28.3. The molecule has 0 atom stereocenters. The van der Waals surface area contributed by atoms with Crippen LogP contribution in [-0.2, 0) is 4.79 Å². The fraction of sp³-hybridized carbons (Fsp3) is 0.579. The van der Waals surface area contributed by atoms with E-state index in [9.17, 15) is 9.59 Å². The largest absolute Gasteiger partial charge is 0.371 e. The van der Waals surface area contributed by atoms with E-state index in [1.165, 1.54) is 6.42 Å². The third kappa shape index (κ3) is 3.74. The highest BCUT2D eigenvalue weighted by atomic mass is 16.2. The summed E-state index contributed by atoms with van der Waals surface area (Å²) in [5.74, 6) is 0.666. The maximum absolute atomic E-state index is 12.6. The van der Waals surface area contributed by atoms with E-state index >= 15 is 0 Å². The van der Waals surface area contributed by atoms with E-state index in [0.29, 0.717) is 5.91 Å². The third-order valence-electron chi connectivity index (χ3n) is 5.15. The Morgan fingerprint density at radius 1 is 0.913 bits per heavy atom. The van der Waals surface area contributed by atoms with Gasteiger partial charge in [-0.15, -0.1) is 0 Å². The van der Waals surface area contributed by atoms with Gasteiger partial charge in [0.2, 0.25) is 5.91 Å². The molecule has 2 aliphatic rings. The van der Waals surface area contributed by atoms with Gasteiger partial charge in [0.25, 0.3) is 0 Å². The van der Waals surface area contributed by atoms with Crippen molar-refractivity contribution in [2.75, 3.05) is 31.1 Å². The molecule has 3 rings (SSSR count). The van der Waals surface area contributed by atoms with E-state index in [4.69, 9.17) is 0 Å². The predicted octanol–water partition coefficient (Wildman–Crippen LogP) is 3.12. The molecule has 2 heterocycles. The molecule has 0 radical (unpaired) electrons. The number of piperidine rings is 2. The quantitative estimate of drug-likeness (QED) is 0.805. The molecule has 0 bridgehead atoms. The van der Waals surface area contributed by atoms with Gasteiger partial charge < -0.3 is 9.80 Å². The Balaban J connectivity index is 1.55. The summed E-state index contributed by atoms with van der Waals surface area (Å²) in [6.07, 6.45) is 5.45. The van der Waals surface area contributed by atoms with Crippen LogP contribution in [-0.4, -0.2) is 42.8 Å². The summed E-state index contributed by atoms with van der Waals surface area (Å²) >= 11 is 0. The Bertz CT molecular complexity index is 553. The monoisotopic (exact) mass is 314 g/mol. The van der Waals surface area contributed by atoms with Crippen LogP contribution in [0.5, 0.6) is 0 Å². The molecule has 2 aliphatic heterocycles. The van der Waals surface area contributed by atoms with Crippen molar-refractivity contribution in [3.8, 4) is 0 Å². The van der Waals surface area contributed by atoms with Crippen LogP contribution in [0.25, 0.3) is 0 Å². The molecule has 0 N–H and O–H groups in total. The number of hydrogen-bond acceptors (Lipinski definition) is 3. The molecule has 23 heavy (non-hydrogen) atoms. The minimum atomic E-state index is 0.0994. The average Bonchev–Trinajstić information content (AvgIpc) is 2.62. The summed E-state index contributed by atoms with van der Waals surface area (Å²) < 4.78 is 0. The number of hydrogen-bond donors (Lipinski definition) is 0. The molecule has 2 saturated heterocycles. The number of carbonyl (C=O) groups excluding carboxylic acids is 2. The number of Topliss-reactive ketones (excluding diaryl/α,β-unsaturated/α-hetero) is 1. The first-order valence-corrected chi connectivity index (χ1v) is 8.80. The average molecular weight is 314 g/mol. The van der Waals surface area contributed by atoms with Gasteiger partial charge in [-0.05, 0) is 63.3 Å². The molecule has 124 valence electrons. The maximum atomic E-state index is 12.6. The van der Waals surface area contributed by atoms with E-state index < -0.39 is 0 Å². The van der Waals surface area contributed by atoms with Crippen molar-refractivity contribution in [2.45, 2.75) is 39.0 Å². The summed E-state index contributed by atoms with van der Waals surface area (Å²) in [6.45, 7) is 5.33. The number of ketones is 1. The van der Waals surface area contributed by atoms with Crippen LogP contribution in [0.2, 0.25) is 0 Å². The fourth-order valence-electron chi connectivity index (χ4n) is 3.66. The number of carbonyl (C=O) groups is 2. The lowest BCUT2D eigenvalue weighted by atomic mass is 9.94. The van der Waals surface area contributed by atoms with E-state index in [0.717, 1.165) is 63.1 Å². The van der Waals surface area contributed by atoms with Gasteiger partial charge in [0, 0.05) is 43.3 Å². The normalized spacial score (nSPS) is 19.7. The maximum Gasteiger partial charge on any atom is 0.225 e. The van der Waals surface area contributed by atoms with Gasteiger partial charge in [-0.3, -0.25) is 9.59 Å². The van der Waals surface area contributed by atoms with Crippen LogP contribution in [0, 0.1) is 5.92 Å². The second kappa shape index (κ2) is 7.16. The topological polar surface area (TPSA) is 40.6 Å². The predicted molar refractivity (Wildman–Crippen MR) is 91.8 cm³/mol. The zero-order valence-electron chi connectivity index (χ0n) is 14.0. The second-order valence-corrected chi connectivity index (χ2v) is 6.75. The molecular weight excluding hydrogens is 288 g/mol. The molecule has 2 fully saturated rings. The number of anilines is 1. The van der Waals surface area contributed by atoms with Crippen molar-refractivity contribution in [1.29, 1.82) is 0 Å². The first-order chi connectivity index (χ1) is 11.1. The van der Waals surface area contributed by atoms with Gasteiger partial charge in [-0.25, -0.2) is 0 Å². The third-order valence-corrected chi connectivity index (χ3v) is 5.15. The van der Waals surface area contributed by atoms with Crippen molar-refractivity contribution in [3.63, 3.8) is 0 Å². The van der Waals surface area contributed by atoms with Crippen LogP contribution in [0.4, 0.5) is 5.69 Å². The van der Waals surface area contributed by atoms with Gasteiger partial charge in [0.15, 0.2) is 5.78 Å². The molecule has 1 amide bonds. The van der Waals surface area contributed by atoms with Gasteiger partial charge >= 0.3 is 0 Å². The number of likely N-dealkylation sites (tertiary alicyclic amines) is 1. The zero-order chi connectivity index (χ0) is 16.2. The van der Waals surface area contributed by atoms with Crippen LogP contribution < -0.4 is 4.90 Å². The Labute approximate surface area is 138 Å². The highest BCUT2D eigenvalue weighted by molar-refractivity contribution is 5.94. The molecule has 0 unspecified atom stereocenters. The van der Waals surface area contributed by atoms with Crippen molar-refractivity contribution in [1.82, 2.24) is 4.90 Å². The standard InChI is InChI=1S/C19H26N2O2/c1-15(22)16-5-7-18(8-6-16)20-13-9-17(10-14-20)19(23)21-11-3-2-4-12-21/h5-8,17H,2-4,9-14H2,1H3. The summed E-state index contributed by atoms with van der Waals surface area (Å²) in [5, 5.41) is 0. The van der Waals surface area contributed by atoms with Gasteiger partial charge in [0.05, 0.1) is 0 Å². The molecule has 1 aromatic rings. The molecule has 0 aliphatic carbocycles. The lowest BCUT2D eigenvalue weighted by Gasteiger charge is -2.36. The van der Waals surface area contributed by atoms with E-state index in [-0.39, 0.29) is 11.7 Å². The van der Waals surface area contributed by atoms with Crippen LogP contribution in [0.15, 0.2) is 24.3 Å². The molecule has 0 aromatic heterocycles. The van der Waals surface area contributed by atoms with Gasteiger partial charge in [0.1, 0.15) is 0 Å². The van der Waals surface area contributed by atoms with Crippen LogP contribution in [0.3, 0.4) is 0 Å². The Morgan fingerprint density at radius 2 is 1.52 bits per heavy atom. The van der Waals surface area contributed by atoms with Crippen molar-refractivity contribution in [3.05, 3.63) is 29.8 Å². The highest BCUT2D eigenvalue weighted by Gasteiger charge is 2.29. The minimum absolute atomic E-state index is 0.0994. The SMILES string of the molecule is CC(=O)c1ccc(N2CCC(C(=O)N3CCCCC3)CC2)cc1. The summed E-state index contributed by atoms with van der Waals surface area (Å²) in [7, 11) is 0. The smallest absolute Gasteiger partial charge is 0.225 e. The summed E-state index contributed by atoms with van der Waals surface area (Å²) in [6, 6.07) is 7.82. The number of amides is 1. The van der Waals surface area contributed by atoms with Crippen LogP contribution in [0.1, 0.15) is 49.4 Å². The fourth-order valence-corrected chi connectivity index (χ4v) is 3.66. The van der Waals surface area contributed by atoms with Crippen LogP contribution >= 0.6 is 0 Å². The van der Waals surface area contributed by atoms with Crippen molar-refractivity contribution < 1.29 is 9.59 Å². The van der Waals surface area contributed by atoms with Gasteiger partial charge in [-0.2, -0.15) is 0 Å². The van der Waals surface area contributed by atoms with E-state index in [1.807, 2.05) is 24.3 Å². The highest BCUT2D eigenvalue weighted by Crippen LogP contribution is 2.26. The zero-order valence-corrected chi connectivity index (χ0v) is 14.0. The molecule has 0 saturated carbocycles. The van der Waals surface area contributed by atoms with E-state index in [1.54, 1.807) is 6.92 Å². The number of rotatable bonds is 3. The molecule has 1 aromatic carbocycles. The number of nitrogens with zero attached hydrogens (tertiary/aromatic N) is 2. The Kier molecular flexibility index (Phi) is 4.99. The Morgan fingerprint density at radius 3 is 2.09 bits per heavy atom. The Hall–Kier alpha value is -1.84. The molecule has 4 heteroatoms. The van der Waals surface area contributed by atoms with Crippen molar-refractivity contribution in [2.24, 2.45) is 5.92 Å². The minimum Gasteiger partial charge on any atom is -0.371 e. The lowest BCUT2D eigenvalue weighted by Crippen LogP contribution is -2.44. The number of benzene rings is 1. The lowest BCUT2D eigenvalue weighted by molar-refractivity contribution is -0.137. The summed E-state index contributed by atoms with van der Waals surface area (Å²) in [5.41, 5.74) is 1.91. The first kappa shape index (κ1) is 16.0. The second-order valence-electron chi connectivity index (χ2n) is 6.75. The van der Waals surface area contributed by atoms with Crippen molar-refractivity contribution >= 4 is 17.4 Å².